The topological polar surface area (TPSA) is 20.2 Å². The highest BCUT2D eigenvalue weighted by Crippen LogP contribution is 2.46. The van der Waals surface area contributed by atoms with Gasteiger partial charge in [-0.25, -0.2) is 4.39 Å². The van der Waals surface area contributed by atoms with Crippen LogP contribution >= 0.6 is 23.2 Å². The lowest BCUT2D eigenvalue weighted by molar-refractivity contribution is 0.0830. The Labute approximate surface area is 120 Å². The zero-order valence-electron chi connectivity index (χ0n) is 9.96. The van der Waals surface area contributed by atoms with Gasteiger partial charge in [-0.05, 0) is 36.1 Å². The molecule has 1 unspecified atom stereocenters. The molecule has 3 rings (SSSR count). The summed E-state index contributed by atoms with van der Waals surface area (Å²) >= 11 is 12.2. The Kier molecular flexibility index (Phi) is 3.05. The number of aliphatic hydroxyl groups is 1. The van der Waals surface area contributed by atoms with Crippen molar-refractivity contribution in [3.8, 4) is 0 Å². The Hall–Kier alpha value is -1.09. The number of halogens is 3. The standard InChI is InChI=1S/C15H11Cl2FO/c16-12-5-1-4-11(14(12)17)15(19)8-7-9-10(15)3-2-6-13(9)18/h1-6,19H,7-8H2. The summed E-state index contributed by atoms with van der Waals surface area (Å²) in [6.45, 7) is 0. The Morgan fingerprint density at radius 2 is 1.74 bits per heavy atom. The van der Waals surface area contributed by atoms with E-state index in [1.807, 2.05) is 0 Å². The predicted octanol–water partition coefficient (Wildman–Crippen LogP) is 4.31. The van der Waals surface area contributed by atoms with Crippen molar-refractivity contribution in [2.75, 3.05) is 0 Å². The minimum atomic E-state index is -1.26. The molecule has 0 spiro atoms. The van der Waals surface area contributed by atoms with E-state index in [9.17, 15) is 9.50 Å². The molecule has 0 saturated heterocycles. The van der Waals surface area contributed by atoms with Gasteiger partial charge in [0.2, 0.25) is 0 Å². The Morgan fingerprint density at radius 3 is 2.53 bits per heavy atom. The summed E-state index contributed by atoms with van der Waals surface area (Å²) < 4.78 is 13.8. The van der Waals surface area contributed by atoms with Crippen LogP contribution in [-0.4, -0.2) is 5.11 Å². The zero-order chi connectivity index (χ0) is 13.6. The van der Waals surface area contributed by atoms with Crippen molar-refractivity contribution >= 4 is 23.2 Å². The smallest absolute Gasteiger partial charge is 0.126 e. The van der Waals surface area contributed by atoms with Crippen LogP contribution in [-0.2, 0) is 12.0 Å². The van der Waals surface area contributed by atoms with Crippen LogP contribution in [0.5, 0.6) is 0 Å². The van der Waals surface area contributed by atoms with Crippen LogP contribution in [0.2, 0.25) is 10.0 Å². The summed E-state index contributed by atoms with van der Waals surface area (Å²) in [7, 11) is 0. The fourth-order valence-electron chi connectivity index (χ4n) is 2.74. The molecule has 1 N–H and O–H groups in total. The number of hydrogen-bond acceptors (Lipinski definition) is 1. The first-order chi connectivity index (χ1) is 9.04. The summed E-state index contributed by atoms with van der Waals surface area (Å²) in [6.07, 6.45) is 0.894. The lowest BCUT2D eigenvalue weighted by atomic mass is 9.88. The molecule has 0 aromatic heterocycles. The van der Waals surface area contributed by atoms with E-state index >= 15 is 0 Å². The molecular formula is C15H11Cl2FO. The number of rotatable bonds is 1. The number of benzene rings is 2. The second kappa shape index (κ2) is 4.48. The van der Waals surface area contributed by atoms with Gasteiger partial charge in [-0.15, -0.1) is 0 Å². The fraction of sp³-hybridized carbons (Fsp3) is 0.200. The average molecular weight is 297 g/mol. The molecule has 19 heavy (non-hydrogen) atoms. The zero-order valence-corrected chi connectivity index (χ0v) is 11.5. The summed E-state index contributed by atoms with van der Waals surface area (Å²) in [4.78, 5) is 0. The first-order valence-corrected chi connectivity index (χ1v) is 6.74. The molecule has 4 heteroatoms. The van der Waals surface area contributed by atoms with Crippen molar-refractivity contribution in [1.82, 2.24) is 0 Å². The van der Waals surface area contributed by atoms with E-state index in [0.29, 0.717) is 39.6 Å². The monoisotopic (exact) mass is 296 g/mol. The molecule has 0 saturated carbocycles. The fourth-order valence-corrected chi connectivity index (χ4v) is 3.20. The van der Waals surface area contributed by atoms with Crippen molar-refractivity contribution in [3.05, 3.63) is 69.0 Å². The van der Waals surface area contributed by atoms with E-state index in [4.69, 9.17) is 23.2 Å². The third-order valence-electron chi connectivity index (χ3n) is 3.70. The molecule has 0 radical (unpaired) electrons. The van der Waals surface area contributed by atoms with Gasteiger partial charge in [-0.1, -0.05) is 47.5 Å². The summed E-state index contributed by atoms with van der Waals surface area (Å²) in [6, 6.07) is 9.88. The van der Waals surface area contributed by atoms with E-state index in [-0.39, 0.29) is 5.82 Å². The van der Waals surface area contributed by atoms with Crippen LogP contribution in [0.3, 0.4) is 0 Å². The largest absolute Gasteiger partial charge is 0.380 e. The van der Waals surface area contributed by atoms with Crippen LogP contribution in [0.25, 0.3) is 0 Å². The van der Waals surface area contributed by atoms with Crippen molar-refractivity contribution in [2.45, 2.75) is 18.4 Å². The van der Waals surface area contributed by atoms with E-state index in [0.717, 1.165) is 0 Å². The van der Waals surface area contributed by atoms with Crippen molar-refractivity contribution in [1.29, 1.82) is 0 Å². The first kappa shape index (κ1) is 12.9. The third kappa shape index (κ3) is 1.86. The third-order valence-corrected chi connectivity index (χ3v) is 4.52. The molecular weight excluding hydrogens is 286 g/mol. The van der Waals surface area contributed by atoms with Crippen LogP contribution in [0.1, 0.15) is 23.1 Å². The molecule has 0 amide bonds. The molecule has 1 nitrogen and oxygen atoms in total. The van der Waals surface area contributed by atoms with Gasteiger partial charge in [-0.2, -0.15) is 0 Å². The SMILES string of the molecule is OC1(c2cccc(Cl)c2Cl)CCc2c(F)cccc21. The molecule has 0 fully saturated rings. The molecule has 0 heterocycles. The second-order valence-electron chi connectivity index (χ2n) is 4.73. The summed E-state index contributed by atoms with van der Waals surface area (Å²) in [5.41, 5.74) is 0.406. The van der Waals surface area contributed by atoms with E-state index in [1.165, 1.54) is 6.07 Å². The lowest BCUT2D eigenvalue weighted by Gasteiger charge is -2.26. The molecule has 1 aliphatic carbocycles. The van der Waals surface area contributed by atoms with Crippen LogP contribution in [0, 0.1) is 5.82 Å². The summed E-state index contributed by atoms with van der Waals surface area (Å²) in [5.74, 6) is -0.286. The van der Waals surface area contributed by atoms with E-state index < -0.39 is 5.60 Å². The first-order valence-electron chi connectivity index (χ1n) is 5.99. The highest BCUT2D eigenvalue weighted by atomic mass is 35.5. The molecule has 0 bridgehead atoms. The van der Waals surface area contributed by atoms with Gasteiger partial charge in [0.15, 0.2) is 0 Å². The minimum absolute atomic E-state index is 0.286. The Balaban J connectivity index is 2.22. The molecule has 2 aromatic rings. The van der Waals surface area contributed by atoms with Crippen molar-refractivity contribution < 1.29 is 9.50 Å². The quantitative estimate of drug-likeness (QED) is 0.831. The van der Waals surface area contributed by atoms with Crippen LogP contribution < -0.4 is 0 Å². The molecule has 98 valence electrons. The van der Waals surface area contributed by atoms with Gasteiger partial charge in [0.05, 0.1) is 10.0 Å². The lowest BCUT2D eigenvalue weighted by Crippen LogP contribution is -2.24. The van der Waals surface area contributed by atoms with Crippen LogP contribution in [0.15, 0.2) is 36.4 Å². The number of fused-ring (bicyclic) bond motifs is 1. The second-order valence-corrected chi connectivity index (χ2v) is 5.51. The molecule has 1 aliphatic rings. The molecule has 2 aromatic carbocycles. The van der Waals surface area contributed by atoms with Crippen molar-refractivity contribution in [3.63, 3.8) is 0 Å². The normalized spacial score (nSPS) is 21.5. The maximum Gasteiger partial charge on any atom is 0.126 e. The van der Waals surface area contributed by atoms with Crippen LogP contribution in [0.4, 0.5) is 4.39 Å². The van der Waals surface area contributed by atoms with Gasteiger partial charge < -0.3 is 5.11 Å². The Bertz CT molecular complexity index is 657. The van der Waals surface area contributed by atoms with E-state index in [1.54, 1.807) is 30.3 Å². The van der Waals surface area contributed by atoms with E-state index in [2.05, 4.69) is 0 Å². The van der Waals surface area contributed by atoms with Gasteiger partial charge in [-0.3, -0.25) is 0 Å². The van der Waals surface area contributed by atoms with Gasteiger partial charge >= 0.3 is 0 Å². The van der Waals surface area contributed by atoms with Gasteiger partial charge in [0, 0.05) is 5.56 Å². The van der Waals surface area contributed by atoms with Gasteiger partial charge in [0.1, 0.15) is 11.4 Å². The number of hydrogen-bond donors (Lipinski definition) is 1. The minimum Gasteiger partial charge on any atom is -0.380 e. The highest BCUT2D eigenvalue weighted by molar-refractivity contribution is 6.42. The summed E-state index contributed by atoms with van der Waals surface area (Å²) in [5, 5.41) is 11.6. The predicted molar refractivity (Wildman–Crippen MR) is 74.2 cm³/mol. The van der Waals surface area contributed by atoms with Crippen molar-refractivity contribution in [2.24, 2.45) is 0 Å². The van der Waals surface area contributed by atoms with Gasteiger partial charge in [0.25, 0.3) is 0 Å². The highest BCUT2D eigenvalue weighted by Gasteiger charge is 2.41. The average Bonchev–Trinajstić information content (AvgIpc) is 2.73. The maximum atomic E-state index is 13.8. The molecule has 1 atom stereocenters. The molecule has 0 aliphatic heterocycles. The maximum absolute atomic E-state index is 13.8. The Morgan fingerprint density at radius 1 is 1.05 bits per heavy atom.